The summed E-state index contributed by atoms with van der Waals surface area (Å²) in [6.07, 6.45) is 7.20. The molecule has 2 fully saturated rings. The van der Waals surface area contributed by atoms with E-state index >= 15 is 0 Å². The molecule has 186 valence electrons. The summed E-state index contributed by atoms with van der Waals surface area (Å²) >= 11 is 0. The van der Waals surface area contributed by atoms with Crippen LogP contribution in [-0.4, -0.2) is 28.9 Å². The molecule has 0 bridgehead atoms. The molecule has 0 spiro atoms. The SMILES string of the molecule is CC1CCC(C(C)C)C(OC(C)(OC(=O)CCCC(=O)O)C2CC(C)CCC2C(C)C)C1. The lowest BCUT2D eigenvalue weighted by molar-refractivity contribution is -0.292. The summed E-state index contributed by atoms with van der Waals surface area (Å²) in [7, 11) is 0. The van der Waals surface area contributed by atoms with Crippen LogP contribution in [0, 0.1) is 41.4 Å². The quantitative estimate of drug-likeness (QED) is 0.295. The average Bonchev–Trinajstić information content (AvgIpc) is 2.67. The molecule has 2 saturated carbocycles. The number of carboxylic acid groups (broad SMARTS) is 1. The lowest BCUT2D eigenvalue weighted by Gasteiger charge is -2.49. The molecule has 5 nitrogen and oxygen atoms in total. The zero-order valence-corrected chi connectivity index (χ0v) is 21.6. The first-order valence-corrected chi connectivity index (χ1v) is 13.0. The highest BCUT2D eigenvalue weighted by Gasteiger charge is 2.49. The van der Waals surface area contributed by atoms with Crippen molar-refractivity contribution in [3.05, 3.63) is 0 Å². The number of carbonyl (C=O) groups is 2. The van der Waals surface area contributed by atoms with E-state index < -0.39 is 11.8 Å². The van der Waals surface area contributed by atoms with E-state index in [1.165, 1.54) is 12.8 Å². The third-order valence-corrected chi connectivity index (χ3v) is 8.13. The van der Waals surface area contributed by atoms with Gasteiger partial charge in [0.25, 0.3) is 0 Å². The average molecular weight is 453 g/mol. The van der Waals surface area contributed by atoms with E-state index in [4.69, 9.17) is 14.6 Å². The largest absolute Gasteiger partial charge is 0.481 e. The van der Waals surface area contributed by atoms with Crippen LogP contribution in [0.2, 0.25) is 0 Å². The maximum absolute atomic E-state index is 12.9. The van der Waals surface area contributed by atoms with Crippen molar-refractivity contribution in [1.82, 2.24) is 0 Å². The van der Waals surface area contributed by atoms with Gasteiger partial charge in [0.1, 0.15) is 0 Å². The van der Waals surface area contributed by atoms with Crippen molar-refractivity contribution in [3.63, 3.8) is 0 Å². The first-order chi connectivity index (χ1) is 14.9. The summed E-state index contributed by atoms with van der Waals surface area (Å²) < 4.78 is 13.1. The number of aliphatic carboxylic acids is 1. The maximum atomic E-state index is 12.9. The van der Waals surface area contributed by atoms with Gasteiger partial charge in [-0.15, -0.1) is 0 Å². The van der Waals surface area contributed by atoms with Crippen molar-refractivity contribution in [2.75, 3.05) is 0 Å². The fraction of sp³-hybridized carbons (Fsp3) is 0.926. The Morgan fingerprint density at radius 3 is 2.03 bits per heavy atom. The number of carboxylic acids is 1. The minimum Gasteiger partial charge on any atom is -0.481 e. The van der Waals surface area contributed by atoms with Crippen molar-refractivity contribution in [2.45, 2.75) is 118 Å². The Morgan fingerprint density at radius 1 is 0.906 bits per heavy atom. The van der Waals surface area contributed by atoms with Crippen LogP contribution < -0.4 is 0 Å². The second-order valence-corrected chi connectivity index (χ2v) is 11.7. The third kappa shape index (κ3) is 7.46. The predicted octanol–water partition coefficient (Wildman–Crippen LogP) is 6.69. The van der Waals surface area contributed by atoms with E-state index in [0.717, 1.165) is 25.7 Å². The van der Waals surface area contributed by atoms with Gasteiger partial charge in [-0.3, -0.25) is 9.59 Å². The Morgan fingerprint density at radius 2 is 1.47 bits per heavy atom. The molecule has 0 saturated heterocycles. The van der Waals surface area contributed by atoms with Gasteiger partial charge in [-0.05, 0) is 67.6 Å². The van der Waals surface area contributed by atoms with Gasteiger partial charge in [0.15, 0.2) is 0 Å². The van der Waals surface area contributed by atoms with Crippen molar-refractivity contribution in [3.8, 4) is 0 Å². The summed E-state index contributed by atoms with van der Waals surface area (Å²) in [5, 5.41) is 8.93. The number of rotatable bonds is 10. The van der Waals surface area contributed by atoms with Crippen LogP contribution in [-0.2, 0) is 19.1 Å². The molecule has 0 aliphatic heterocycles. The Bertz CT molecular complexity index is 615. The van der Waals surface area contributed by atoms with Crippen LogP contribution in [0.4, 0.5) is 0 Å². The molecule has 5 heteroatoms. The Hall–Kier alpha value is -1.10. The monoisotopic (exact) mass is 452 g/mol. The number of ether oxygens (including phenoxy) is 2. The molecule has 2 rings (SSSR count). The van der Waals surface area contributed by atoms with Gasteiger partial charge >= 0.3 is 11.9 Å². The summed E-state index contributed by atoms with van der Waals surface area (Å²) in [5.41, 5.74) is 0. The Labute approximate surface area is 196 Å². The number of hydrogen-bond donors (Lipinski definition) is 1. The molecule has 7 unspecified atom stereocenters. The van der Waals surface area contributed by atoms with Gasteiger partial charge in [-0.1, -0.05) is 54.4 Å². The van der Waals surface area contributed by atoms with Crippen LogP contribution in [0.3, 0.4) is 0 Å². The number of hydrogen-bond acceptors (Lipinski definition) is 4. The normalized spacial score (nSPS) is 33.2. The lowest BCUT2D eigenvalue weighted by Crippen LogP contribution is -2.52. The zero-order chi connectivity index (χ0) is 24.1. The number of carbonyl (C=O) groups excluding carboxylic acids is 1. The summed E-state index contributed by atoms with van der Waals surface area (Å²) in [6, 6.07) is 0. The molecule has 0 aromatic heterocycles. The molecule has 2 aliphatic rings. The topological polar surface area (TPSA) is 72.8 Å². The predicted molar refractivity (Wildman–Crippen MR) is 127 cm³/mol. The van der Waals surface area contributed by atoms with Gasteiger partial charge in [-0.2, -0.15) is 0 Å². The van der Waals surface area contributed by atoms with E-state index in [9.17, 15) is 9.59 Å². The summed E-state index contributed by atoms with van der Waals surface area (Å²) in [5.74, 6) is 1.08. The fourth-order valence-corrected chi connectivity index (χ4v) is 6.20. The highest BCUT2D eigenvalue weighted by molar-refractivity contribution is 5.71. The van der Waals surface area contributed by atoms with Crippen molar-refractivity contribution in [2.24, 2.45) is 41.4 Å². The van der Waals surface area contributed by atoms with Crippen molar-refractivity contribution >= 4 is 11.9 Å². The second-order valence-electron chi connectivity index (χ2n) is 11.7. The van der Waals surface area contributed by atoms with Crippen molar-refractivity contribution in [1.29, 1.82) is 0 Å². The van der Waals surface area contributed by atoms with Gasteiger partial charge in [0.2, 0.25) is 5.79 Å². The molecule has 7 atom stereocenters. The molecule has 0 aromatic carbocycles. The highest BCUT2D eigenvalue weighted by atomic mass is 16.7. The maximum Gasteiger partial charge on any atom is 0.308 e. The molecule has 2 aliphatic carbocycles. The Balaban J connectivity index is 2.29. The first kappa shape index (κ1) is 27.1. The van der Waals surface area contributed by atoms with E-state index in [1.54, 1.807) is 0 Å². The van der Waals surface area contributed by atoms with Gasteiger partial charge in [-0.25, -0.2) is 0 Å². The van der Waals surface area contributed by atoms with Crippen LogP contribution in [0.25, 0.3) is 0 Å². The van der Waals surface area contributed by atoms with Gasteiger partial charge in [0, 0.05) is 25.7 Å². The minimum atomic E-state index is -0.973. The first-order valence-electron chi connectivity index (χ1n) is 13.0. The molecule has 1 N–H and O–H groups in total. The van der Waals surface area contributed by atoms with E-state index in [1.807, 2.05) is 6.92 Å². The fourth-order valence-electron chi connectivity index (χ4n) is 6.20. The summed E-state index contributed by atoms with van der Waals surface area (Å²) in [6.45, 7) is 15.7. The van der Waals surface area contributed by atoms with Crippen LogP contribution in [0.5, 0.6) is 0 Å². The third-order valence-electron chi connectivity index (χ3n) is 8.13. The van der Waals surface area contributed by atoms with Crippen LogP contribution in [0.1, 0.15) is 106 Å². The van der Waals surface area contributed by atoms with Crippen molar-refractivity contribution < 1.29 is 24.2 Å². The molecular weight excluding hydrogens is 404 g/mol. The standard InChI is InChI=1S/C27H48O5/c1-17(2)21-13-11-19(5)15-23(21)27(7,32-26(30)10-8-9-25(28)29)31-24-16-20(6)12-14-22(24)18(3)4/h17-24H,8-16H2,1-7H3,(H,28,29). The Kier molecular flexibility index (Phi) is 10.1. The highest BCUT2D eigenvalue weighted by Crippen LogP contribution is 2.48. The van der Waals surface area contributed by atoms with E-state index in [0.29, 0.717) is 41.9 Å². The van der Waals surface area contributed by atoms with E-state index in [2.05, 4.69) is 41.5 Å². The van der Waals surface area contributed by atoms with Crippen LogP contribution in [0.15, 0.2) is 0 Å². The smallest absolute Gasteiger partial charge is 0.308 e. The second kappa shape index (κ2) is 11.9. The molecule has 0 heterocycles. The van der Waals surface area contributed by atoms with E-state index in [-0.39, 0.29) is 30.8 Å². The lowest BCUT2D eigenvalue weighted by atomic mass is 9.66. The summed E-state index contributed by atoms with van der Waals surface area (Å²) in [4.78, 5) is 23.8. The zero-order valence-electron chi connectivity index (χ0n) is 21.6. The van der Waals surface area contributed by atoms with Gasteiger partial charge in [0.05, 0.1) is 6.10 Å². The minimum absolute atomic E-state index is 0.0166. The van der Waals surface area contributed by atoms with Gasteiger partial charge < -0.3 is 14.6 Å². The number of esters is 1. The van der Waals surface area contributed by atoms with Crippen LogP contribution >= 0.6 is 0 Å². The molecule has 0 amide bonds. The molecule has 0 aromatic rings. The molecular formula is C27H48O5. The molecule has 32 heavy (non-hydrogen) atoms. The molecule has 0 radical (unpaired) electrons.